The highest BCUT2D eigenvalue weighted by Crippen LogP contribution is 2.52. The molecule has 1 aliphatic carbocycles. The van der Waals surface area contributed by atoms with Crippen LogP contribution in [0.25, 0.3) is 0 Å². The van der Waals surface area contributed by atoms with Crippen LogP contribution in [0.5, 0.6) is 11.5 Å². The number of ether oxygens (including phenoxy) is 2. The maximum absolute atomic E-state index is 5.60. The second-order valence-electron chi connectivity index (χ2n) is 7.10. The van der Waals surface area contributed by atoms with E-state index in [2.05, 4.69) is 24.0 Å². The van der Waals surface area contributed by atoms with Crippen molar-refractivity contribution in [3.8, 4) is 11.5 Å². The molecule has 0 aromatic heterocycles. The van der Waals surface area contributed by atoms with Gasteiger partial charge in [-0.2, -0.15) is 0 Å². The highest BCUT2D eigenvalue weighted by atomic mass is 16.7. The third-order valence-corrected chi connectivity index (χ3v) is 5.87. The molecular weight excluding hydrogens is 250 g/mol. The van der Waals surface area contributed by atoms with Crippen molar-refractivity contribution in [2.75, 3.05) is 13.3 Å². The van der Waals surface area contributed by atoms with Crippen LogP contribution < -0.4 is 9.47 Å². The molecule has 2 fully saturated rings. The third-order valence-electron chi connectivity index (χ3n) is 5.87. The normalized spacial score (nSPS) is 37.6. The van der Waals surface area contributed by atoms with Crippen molar-refractivity contribution in [2.45, 2.75) is 44.7 Å². The van der Waals surface area contributed by atoms with Gasteiger partial charge in [-0.25, -0.2) is 0 Å². The van der Waals surface area contributed by atoms with Crippen LogP contribution in [-0.4, -0.2) is 24.3 Å². The van der Waals surface area contributed by atoms with Gasteiger partial charge in [0.05, 0.1) is 0 Å². The first kappa shape index (κ1) is 11.4. The standard InChI is InChI=1S/C17H21NO2/c1-10-4-11-2-3-18-8-12-6-15-16(20-9-19-15)7-13(12)14(5-10)17(11)18/h6-7,10-11,14,17H,2-5,8-9H2,1H3/t10?,11-,14-,17+/m1/s1. The zero-order valence-corrected chi connectivity index (χ0v) is 12.0. The van der Waals surface area contributed by atoms with Crippen LogP contribution in [0.15, 0.2) is 12.1 Å². The molecule has 3 heteroatoms. The minimum absolute atomic E-state index is 0.384. The molecular formula is C17H21NO2. The maximum atomic E-state index is 5.60. The maximum Gasteiger partial charge on any atom is 0.231 e. The molecule has 4 atom stereocenters. The van der Waals surface area contributed by atoms with E-state index < -0.39 is 0 Å². The average molecular weight is 271 g/mol. The topological polar surface area (TPSA) is 21.7 Å². The zero-order chi connectivity index (χ0) is 13.3. The fourth-order valence-electron chi connectivity index (χ4n) is 5.17. The molecule has 0 bridgehead atoms. The summed E-state index contributed by atoms with van der Waals surface area (Å²) in [5.74, 6) is 4.40. The smallest absolute Gasteiger partial charge is 0.231 e. The van der Waals surface area contributed by atoms with Gasteiger partial charge in [0.15, 0.2) is 11.5 Å². The van der Waals surface area contributed by atoms with Gasteiger partial charge in [-0.1, -0.05) is 6.92 Å². The molecule has 3 nitrogen and oxygen atoms in total. The lowest BCUT2D eigenvalue weighted by molar-refractivity contribution is 0.112. The monoisotopic (exact) mass is 271 g/mol. The van der Waals surface area contributed by atoms with E-state index in [-0.39, 0.29) is 0 Å². The molecule has 1 aromatic rings. The lowest BCUT2D eigenvalue weighted by atomic mass is 9.68. The summed E-state index contributed by atoms with van der Waals surface area (Å²) in [6.07, 6.45) is 4.16. The van der Waals surface area contributed by atoms with Crippen LogP contribution in [0.2, 0.25) is 0 Å². The minimum atomic E-state index is 0.384. The molecule has 3 heterocycles. The largest absolute Gasteiger partial charge is 0.454 e. The second-order valence-corrected chi connectivity index (χ2v) is 7.10. The number of hydrogen-bond donors (Lipinski definition) is 0. The fourth-order valence-corrected chi connectivity index (χ4v) is 5.17. The van der Waals surface area contributed by atoms with Gasteiger partial charge in [0.1, 0.15) is 0 Å². The molecule has 4 aliphatic rings. The van der Waals surface area contributed by atoms with Gasteiger partial charge < -0.3 is 9.47 Å². The van der Waals surface area contributed by atoms with E-state index in [1.165, 1.54) is 31.4 Å². The van der Waals surface area contributed by atoms with E-state index in [1.54, 1.807) is 5.56 Å². The molecule has 1 saturated carbocycles. The van der Waals surface area contributed by atoms with E-state index in [1.807, 2.05) is 0 Å². The van der Waals surface area contributed by atoms with Gasteiger partial charge in [-0.05, 0) is 60.9 Å². The number of rotatable bonds is 0. The molecule has 1 unspecified atom stereocenters. The van der Waals surface area contributed by atoms with Crippen LogP contribution in [0, 0.1) is 11.8 Å². The first-order chi connectivity index (χ1) is 9.79. The van der Waals surface area contributed by atoms with Crippen LogP contribution in [0.1, 0.15) is 43.2 Å². The Bertz CT molecular complexity index is 570. The Kier molecular flexibility index (Phi) is 2.24. The van der Waals surface area contributed by atoms with Crippen LogP contribution in [0.3, 0.4) is 0 Å². The van der Waals surface area contributed by atoms with Crippen molar-refractivity contribution < 1.29 is 9.47 Å². The first-order valence-electron chi connectivity index (χ1n) is 7.96. The minimum Gasteiger partial charge on any atom is -0.454 e. The van der Waals surface area contributed by atoms with Crippen molar-refractivity contribution in [3.05, 3.63) is 23.3 Å². The number of hydrogen-bond acceptors (Lipinski definition) is 3. The molecule has 20 heavy (non-hydrogen) atoms. The van der Waals surface area contributed by atoms with Gasteiger partial charge in [0.2, 0.25) is 6.79 Å². The molecule has 0 N–H and O–H groups in total. The Morgan fingerprint density at radius 2 is 2.00 bits per heavy atom. The highest BCUT2D eigenvalue weighted by molar-refractivity contribution is 5.51. The molecule has 1 saturated heterocycles. The third kappa shape index (κ3) is 1.44. The summed E-state index contributed by atoms with van der Waals surface area (Å²) in [7, 11) is 0. The van der Waals surface area contributed by atoms with E-state index in [4.69, 9.17) is 9.47 Å². The van der Waals surface area contributed by atoms with Gasteiger partial charge in [0, 0.05) is 18.5 Å². The van der Waals surface area contributed by atoms with Crippen LogP contribution >= 0.6 is 0 Å². The Morgan fingerprint density at radius 3 is 2.90 bits per heavy atom. The van der Waals surface area contributed by atoms with E-state index in [0.717, 1.165) is 35.9 Å². The fraction of sp³-hybridized carbons (Fsp3) is 0.647. The van der Waals surface area contributed by atoms with Crippen molar-refractivity contribution in [1.29, 1.82) is 0 Å². The van der Waals surface area contributed by atoms with Gasteiger partial charge in [-0.15, -0.1) is 0 Å². The quantitative estimate of drug-likeness (QED) is 0.723. The number of benzene rings is 1. The predicted molar refractivity (Wildman–Crippen MR) is 76.0 cm³/mol. The summed E-state index contributed by atoms with van der Waals surface area (Å²) in [5.41, 5.74) is 3.03. The van der Waals surface area contributed by atoms with Gasteiger partial charge >= 0.3 is 0 Å². The van der Waals surface area contributed by atoms with Crippen LogP contribution in [-0.2, 0) is 6.54 Å². The van der Waals surface area contributed by atoms with E-state index in [0.29, 0.717) is 12.7 Å². The predicted octanol–water partition coefficient (Wildman–Crippen LogP) is 3.13. The average Bonchev–Trinajstić information content (AvgIpc) is 3.04. The summed E-state index contributed by atoms with van der Waals surface area (Å²) in [6, 6.07) is 5.31. The van der Waals surface area contributed by atoms with E-state index in [9.17, 15) is 0 Å². The number of nitrogens with zero attached hydrogens (tertiary/aromatic N) is 1. The van der Waals surface area contributed by atoms with Crippen molar-refractivity contribution in [1.82, 2.24) is 4.90 Å². The first-order valence-corrected chi connectivity index (χ1v) is 7.96. The van der Waals surface area contributed by atoms with Gasteiger partial charge in [-0.3, -0.25) is 4.90 Å². The molecule has 1 aromatic carbocycles. The molecule has 106 valence electrons. The summed E-state index contributed by atoms with van der Waals surface area (Å²) >= 11 is 0. The van der Waals surface area contributed by atoms with Crippen molar-refractivity contribution in [3.63, 3.8) is 0 Å². The molecule has 3 aliphatic heterocycles. The van der Waals surface area contributed by atoms with Crippen molar-refractivity contribution >= 4 is 0 Å². The molecule has 0 spiro atoms. The van der Waals surface area contributed by atoms with Crippen molar-refractivity contribution in [2.24, 2.45) is 11.8 Å². The molecule has 5 rings (SSSR count). The highest BCUT2D eigenvalue weighted by Gasteiger charge is 2.47. The Labute approximate surface area is 119 Å². The van der Waals surface area contributed by atoms with Gasteiger partial charge in [0.25, 0.3) is 0 Å². The second kappa shape index (κ2) is 3.91. The van der Waals surface area contributed by atoms with Crippen LogP contribution in [0.4, 0.5) is 0 Å². The summed E-state index contributed by atoms with van der Waals surface area (Å²) in [5, 5.41) is 0. The summed E-state index contributed by atoms with van der Waals surface area (Å²) < 4.78 is 11.2. The number of fused-ring (bicyclic) bond motifs is 3. The molecule has 0 radical (unpaired) electrons. The SMILES string of the molecule is CC1C[C@H]2CCN3Cc4cc5c(cc4[C@@H](C1)[C@H]23)OCO5. The Hall–Kier alpha value is -1.22. The summed E-state index contributed by atoms with van der Waals surface area (Å²) in [4.78, 5) is 2.73. The summed E-state index contributed by atoms with van der Waals surface area (Å²) in [6.45, 7) is 5.21. The van der Waals surface area contributed by atoms with E-state index >= 15 is 0 Å². The zero-order valence-electron chi connectivity index (χ0n) is 12.0. The lowest BCUT2D eigenvalue weighted by Gasteiger charge is -2.45. The molecule has 0 amide bonds. The Morgan fingerprint density at radius 1 is 1.15 bits per heavy atom. The lowest BCUT2D eigenvalue weighted by Crippen LogP contribution is -2.45. The Balaban J connectivity index is 1.64.